The molecular formula is C18H24N4O2S2. The van der Waals surface area contributed by atoms with Crippen molar-refractivity contribution >= 4 is 34.9 Å². The Labute approximate surface area is 161 Å². The first-order chi connectivity index (χ1) is 12.6. The molecule has 0 aliphatic carbocycles. The molecule has 1 saturated heterocycles. The summed E-state index contributed by atoms with van der Waals surface area (Å²) in [7, 11) is 1.96. The van der Waals surface area contributed by atoms with Gasteiger partial charge in [0.1, 0.15) is 0 Å². The van der Waals surface area contributed by atoms with Gasteiger partial charge in [-0.25, -0.2) is 4.98 Å². The van der Waals surface area contributed by atoms with Gasteiger partial charge >= 0.3 is 0 Å². The van der Waals surface area contributed by atoms with Gasteiger partial charge in [-0.15, -0.1) is 11.3 Å². The van der Waals surface area contributed by atoms with Crippen molar-refractivity contribution in [3.8, 4) is 0 Å². The fourth-order valence-corrected chi connectivity index (χ4v) is 4.83. The molecule has 1 unspecified atom stereocenters. The molecule has 0 saturated carbocycles. The minimum absolute atomic E-state index is 0.0390. The number of aryl methyl sites for hydroxylation is 1. The highest BCUT2D eigenvalue weighted by Gasteiger charge is 2.38. The van der Waals surface area contributed by atoms with Gasteiger partial charge in [0.15, 0.2) is 5.16 Å². The number of thioether (sulfide) groups is 1. The zero-order valence-electron chi connectivity index (χ0n) is 14.9. The van der Waals surface area contributed by atoms with Crippen molar-refractivity contribution in [3.05, 3.63) is 34.8 Å². The summed E-state index contributed by atoms with van der Waals surface area (Å²) in [6.45, 7) is 0.612. The third kappa shape index (κ3) is 5.11. The molecule has 0 aromatic carbocycles. The first kappa shape index (κ1) is 19.0. The van der Waals surface area contributed by atoms with Crippen LogP contribution in [0.25, 0.3) is 0 Å². The predicted octanol–water partition coefficient (Wildman–Crippen LogP) is 2.36. The largest absolute Gasteiger partial charge is 0.355 e. The van der Waals surface area contributed by atoms with E-state index in [2.05, 4.69) is 21.7 Å². The third-order valence-electron chi connectivity index (χ3n) is 4.59. The smallest absolute Gasteiger partial charge is 0.220 e. The second-order valence-electron chi connectivity index (χ2n) is 6.60. The zero-order chi connectivity index (χ0) is 18.4. The number of carbonyl (C=O) groups excluding carboxylic acids is 2. The van der Waals surface area contributed by atoms with Crippen LogP contribution in [0.4, 0.5) is 0 Å². The van der Waals surface area contributed by atoms with Crippen LogP contribution in [0, 0.1) is 0 Å². The Balaban J connectivity index is 1.42. The van der Waals surface area contributed by atoms with Gasteiger partial charge in [-0.1, -0.05) is 17.8 Å². The molecule has 3 rings (SSSR count). The first-order valence-corrected chi connectivity index (χ1v) is 10.6. The number of nitrogens with zero attached hydrogens (tertiary/aromatic N) is 2. The molecule has 26 heavy (non-hydrogen) atoms. The van der Waals surface area contributed by atoms with Crippen molar-refractivity contribution in [2.75, 3.05) is 12.3 Å². The van der Waals surface area contributed by atoms with E-state index in [1.165, 1.54) is 4.88 Å². The van der Waals surface area contributed by atoms with Gasteiger partial charge in [0, 0.05) is 61.4 Å². The average Bonchev–Trinajstić information content (AvgIpc) is 3.34. The van der Waals surface area contributed by atoms with E-state index in [9.17, 15) is 9.59 Å². The Morgan fingerprint density at radius 2 is 2.42 bits per heavy atom. The summed E-state index contributed by atoms with van der Waals surface area (Å²) in [4.78, 5) is 29.5. The van der Waals surface area contributed by atoms with Crippen LogP contribution < -0.4 is 10.6 Å². The van der Waals surface area contributed by atoms with Crippen LogP contribution in [-0.2, 0) is 23.1 Å². The number of imidazole rings is 1. The van der Waals surface area contributed by atoms with Gasteiger partial charge in [0.05, 0.1) is 0 Å². The van der Waals surface area contributed by atoms with Crippen molar-refractivity contribution in [1.29, 1.82) is 0 Å². The number of hydrogen-bond acceptors (Lipinski definition) is 5. The Kier molecular flexibility index (Phi) is 6.37. The lowest BCUT2D eigenvalue weighted by atomic mass is 9.87. The van der Waals surface area contributed by atoms with Crippen LogP contribution >= 0.6 is 23.1 Å². The van der Waals surface area contributed by atoms with Crippen molar-refractivity contribution in [2.24, 2.45) is 7.05 Å². The maximum atomic E-state index is 12.2. The van der Waals surface area contributed by atoms with Crippen LogP contribution in [0.1, 0.15) is 30.6 Å². The molecule has 2 aromatic heterocycles. The molecule has 1 atom stereocenters. The summed E-state index contributed by atoms with van der Waals surface area (Å²) in [6.07, 6.45) is 6.93. The molecule has 3 heterocycles. The monoisotopic (exact) mass is 392 g/mol. The standard InChI is InChI=1S/C18H24N4O2S2/c1-22-10-8-20-17(22)26-12-9-19-15(23)4-6-18(7-5-16(24)21-18)13-14-3-2-11-25-14/h2-3,8,10-11H,4-7,9,12-13H2,1H3,(H,19,23)(H,21,24). The van der Waals surface area contributed by atoms with Gasteiger partial charge in [0.25, 0.3) is 0 Å². The molecule has 2 aromatic rings. The highest BCUT2D eigenvalue weighted by molar-refractivity contribution is 7.99. The van der Waals surface area contributed by atoms with Gasteiger partial charge in [0.2, 0.25) is 11.8 Å². The van der Waals surface area contributed by atoms with Gasteiger partial charge in [-0.3, -0.25) is 9.59 Å². The molecule has 1 aliphatic heterocycles. The summed E-state index contributed by atoms with van der Waals surface area (Å²) in [5.74, 6) is 0.916. The lowest BCUT2D eigenvalue weighted by Crippen LogP contribution is -2.44. The van der Waals surface area contributed by atoms with E-state index in [0.717, 1.165) is 23.8 Å². The van der Waals surface area contributed by atoms with E-state index in [1.54, 1.807) is 29.3 Å². The molecule has 8 heteroatoms. The average molecular weight is 393 g/mol. The Morgan fingerprint density at radius 3 is 3.08 bits per heavy atom. The van der Waals surface area contributed by atoms with Crippen molar-refractivity contribution < 1.29 is 9.59 Å². The second kappa shape index (κ2) is 8.73. The van der Waals surface area contributed by atoms with Crippen LogP contribution in [-0.4, -0.2) is 39.2 Å². The number of carbonyl (C=O) groups is 2. The zero-order valence-corrected chi connectivity index (χ0v) is 16.5. The van der Waals surface area contributed by atoms with Crippen LogP contribution in [0.15, 0.2) is 35.1 Å². The van der Waals surface area contributed by atoms with Gasteiger partial charge in [-0.2, -0.15) is 0 Å². The molecule has 0 spiro atoms. The number of hydrogen-bond donors (Lipinski definition) is 2. The molecule has 1 fully saturated rings. The topological polar surface area (TPSA) is 76.0 Å². The summed E-state index contributed by atoms with van der Waals surface area (Å²) < 4.78 is 1.96. The Bertz CT molecular complexity index is 744. The van der Waals surface area contributed by atoms with Crippen molar-refractivity contribution in [1.82, 2.24) is 20.2 Å². The highest BCUT2D eigenvalue weighted by atomic mass is 32.2. The van der Waals surface area contributed by atoms with Crippen molar-refractivity contribution in [2.45, 2.75) is 42.8 Å². The molecule has 1 aliphatic rings. The summed E-state index contributed by atoms with van der Waals surface area (Å²) in [5.41, 5.74) is -0.277. The van der Waals surface area contributed by atoms with E-state index in [4.69, 9.17) is 0 Å². The molecule has 6 nitrogen and oxygen atoms in total. The molecule has 140 valence electrons. The predicted molar refractivity (Wildman–Crippen MR) is 104 cm³/mol. The Morgan fingerprint density at radius 1 is 1.54 bits per heavy atom. The number of thiophene rings is 1. The first-order valence-electron chi connectivity index (χ1n) is 8.77. The second-order valence-corrected chi connectivity index (χ2v) is 8.70. The highest BCUT2D eigenvalue weighted by Crippen LogP contribution is 2.30. The summed E-state index contributed by atoms with van der Waals surface area (Å²) in [5, 5.41) is 9.09. The third-order valence-corrected chi connectivity index (χ3v) is 6.53. The molecular weight excluding hydrogens is 368 g/mol. The van der Waals surface area contributed by atoms with E-state index >= 15 is 0 Å². The maximum absolute atomic E-state index is 12.2. The minimum Gasteiger partial charge on any atom is -0.355 e. The van der Waals surface area contributed by atoms with Crippen LogP contribution in [0.5, 0.6) is 0 Å². The summed E-state index contributed by atoms with van der Waals surface area (Å²) >= 11 is 3.32. The van der Waals surface area contributed by atoms with E-state index < -0.39 is 0 Å². The number of rotatable bonds is 9. The van der Waals surface area contributed by atoms with E-state index in [1.807, 2.05) is 29.3 Å². The van der Waals surface area contributed by atoms with Gasteiger partial charge < -0.3 is 15.2 Å². The minimum atomic E-state index is -0.277. The van der Waals surface area contributed by atoms with Gasteiger partial charge in [-0.05, 0) is 24.3 Å². The van der Waals surface area contributed by atoms with E-state index in [-0.39, 0.29) is 17.4 Å². The molecule has 2 amide bonds. The fraction of sp³-hybridized carbons (Fsp3) is 0.500. The molecule has 2 N–H and O–H groups in total. The van der Waals surface area contributed by atoms with Crippen LogP contribution in [0.2, 0.25) is 0 Å². The molecule has 0 bridgehead atoms. The lowest BCUT2D eigenvalue weighted by Gasteiger charge is -2.28. The molecule has 0 radical (unpaired) electrons. The quantitative estimate of drug-likeness (QED) is 0.507. The SMILES string of the molecule is Cn1ccnc1SCCNC(=O)CCC1(Cc2cccs2)CCC(=O)N1. The number of aromatic nitrogens is 2. The van der Waals surface area contributed by atoms with Crippen molar-refractivity contribution in [3.63, 3.8) is 0 Å². The number of amides is 2. The Hall–Kier alpha value is -1.80. The normalized spacial score (nSPS) is 19.5. The summed E-state index contributed by atoms with van der Waals surface area (Å²) in [6, 6.07) is 4.11. The fourth-order valence-electron chi connectivity index (χ4n) is 3.19. The lowest BCUT2D eigenvalue weighted by molar-refractivity contribution is -0.122. The number of nitrogens with one attached hydrogen (secondary N) is 2. The van der Waals surface area contributed by atoms with Crippen LogP contribution in [0.3, 0.4) is 0 Å². The van der Waals surface area contributed by atoms with E-state index in [0.29, 0.717) is 25.8 Å². The maximum Gasteiger partial charge on any atom is 0.220 e.